The third-order valence-electron chi connectivity index (χ3n) is 0. The van der Waals surface area contributed by atoms with Gasteiger partial charge >= 0.3 is 14.1 Å². The maximum atomic E-state index is 8.98. The Hall–Kier alpha value is 0.130. The quantitative estimate of drug-likeness (QED) is 0.395. The molecule has 0 bridgehead atoms. The summed E-state index contributed by atoms with van der Waals surface area (Å²) in [5.74, 6) is 0. The molecule has 1 N–H and O–H groups in total. The van der Waals surface area contributed by atoms with Crippen molar-refractivity contribution in [1.29, 1.82) is 5.41 Å². The molecule has 0 radical (unpaired) electrons. The van der Waals surface area contributed by atoms with Gasteiger partial charge in [-0.15, -0.1) is 0 Å². The molecule has 0 aliphatic rings. The smallest absolute Gasteiger partial charge is 0.262 e. The molecule has 0 fully saturated rings. The fourth-order valence-electron chi connectivity index (χ4n) is 0. The van der Waals surface area contributed by atoms with E-state index in [1.54, 1.807) is 0 Å². The molecular formula is C4HCl6NO4. The zero-order chi connectivity index (χ0) is 13.4. The van der Waals surface area contributed by atoms with Crippen LogP contribution in [0, 0.1) is 5.41 Å². The van der Waals surface area contributed by atoms with Crippen LogP contribution in [0.2, 0.25) is 0 Å². The van der Waals surface area contributed by atoms with Crippen molar-refractivity contribution in [3.63, 3.8) is 0 Å². The first-order valence-corrected chi connectivity index (χ1v) is 4.47. The molecule has 0 aromatic rings. The van der Waals surface area contributed by atoms with Gasteiger partial charge < -0.3 is 0 Å². The topological polar surface area (TPSA) is 92.1 Å². The van der Waals surface area contributed by atoms with E-state index in [-0.39, 0.29) is 0 Å². The van der Waals surface area contributed by atoms with E-state index >= 15 is 0 Å². The zero-order valence-corrected chi connectivity index (χ0v) is 10.9. The number of hydrogen-bond donors (Lipinski definition) is 1. The summed E-state index contributed by atoms with van der Waals surface area (Å²) in [6.07, 6.45) is 0.750. The van der Waals surface area contributed by atoms with E-state index in [4.69, 9.17) is 24.6 Å². The van der Waals surface area contributed by atoms with Gasteiger partial charge in [0.1, 0.15) is 0 Å². The van der Waals surface area contributed by atoms with Crippen molar-refractivity contribution < 1.29 is 19.2 Å². The van der Waals surface area contributed by atoms with Gasteiger partial charge in [0.05, 0.1) is 0 Å². The van der Waals surface area contributed by atoms with Crippen molar-refractivity contribution in [2.45, 2.75) is 0 Å². The van der Waals surface area contributed by atoms with Crippen LogP contribution in [0.15, 0.2) is 0 Å². The lowest BCUT2D eigenvalue weighted by molar-refractivity contribution is 0.274. The van der Waals surface area contributed by atoms with Crippen molar-refractivity contribution in [2.75, 3.05) is 0 Å². The van der Waals surface area contributed by atoms with Crippen LogP contribution in [0.25, 0.3) is 0 Å². The lowest BCUT2D eigenvalue weighted by Gasteiger charge is -1.48. The first-order chi connectivity index (χ1) is 6.61. The summed E-state index contributed by atoms with van der Waals surface area (Å²) in [7, 11) is 0. The van der Waals surface area contributed by atoms with E-state index in [1.165, 1.54) is 0 Å². The molecule has 11 heteroatoms. The first-order valence-electron chi connectivity index (χ1n) is 2.20. The van der Waals surface area contributed by atoms with Crippen molar-refractivity contribution in [3.05, 3.63) is 0 Å². The lowest BCUT2D eigenvalue weighted by Crippen LogP contribution is -1.46. The summed E-state index contributed by atoms with van der Waals surface area (Å²) in [6, 6.07) is 0. The second kappa shape index (κ2) is 23.7. The molecule has 0 amide bonds. The van der Waals surface area contributed by atoms with Gasteiger partial charge in [-0.1, -0.05) is 0 Å². The number of carbonyl (C=O) groups is 3. The van der Waals surface area contributed by atoms with Crippen LogP contribution < -0.4 is 0 Å². The molecule has 0 unspecified atom stereocenters. The molecule has 0 atom stereocenters. The summed E-state index contributed by atoms with van der Waals surface area (Å²) < 4.78 is -2.67. The average molecular weight is 340 g/mol. The number of hydrogen-bond acceptors (Lipinski definition) is 5. The normalized spacial score (nSPS) is 5.73. The minimum Gasteiger partial charge on any atom is -0.262 e. The molecule has 0 heterocycles. The Morgan fingerprint density at radius 2 is 0.733 bits per heavy atom. The monoisotopic (exact) mass is 337 g/mol. The molecule has 88 valence electrons. The molecule has 0 saturated heterocycles. The first kappa shape index (κ1) is 24.4. The summed E-state index contributed by atoms with van der Waals surface area (Å²) >= 11 is 26.4. The van der Waals surface area contributed by atoms with E-state index in [1.807, 2.05) is 0 Å². The van der Waals surface area contributed by atoms with Crippen molar-refractivity contribution in [3.8, 4) is 0 Å². The number of nitrogens with one attached hydrogen (secondary N) is 1. The maximum Gasteiger partial charge on any atom is 0.313 e. The average Bonchev–Trinajstić information content (AvgIpc) is 1.81. The third kappa shape index (κ3) is 123000. The van der Waals surface area contributed by atoms with Crippen LogP contribution in [0.5, 0.6) is 0 Å². The molecule has 0 aromatic carbocycles. The predicted molar refractivity (Wildman–Crippen MR) is 59.7 cm³/mol. The second-order valence-electron chi connectivity index (χ2n) is 0.779. The fraction of sp³-hybridized carbons (Fsp3) is 0. The van der Waals surface area contributed by atoms with E-state index in [9.17, 15) is 0 Å². The zero-order valence-electron chi connectivity index (χ0n) is 6.40. The van der Waals surface area contributed by atoms with Gasteiger partial charge in [0.2, 0.25) is 6.08 Å². The molecule has 15 heavy (non-hydrogen) atoms. The Bertz CT molecular complexity index is 185. The summed E-state index contributed by atoms with van der Waals surface area (Å²) in [6.45, 7) is 0. The Morgan fingerprint density at radius 3 is 0.733 bits per heavy atom. The lowest BCUT2D eigenvalue weighted by atomic mass is 11.7. The summed E-state index contributed by atoms with van der Waals surface area (Å²) in [5.41, 5.74) is 0. The van der Waals surface area contributed by atoms with Gasteiger partial charge in [0, 0.05) is 0 Å². The van der Waals surface area contributed by atoms with Crippen molar-refractivity contribution in [1.82, 2.24) is 0 Å². The molecule has 0 saturated carbocycles. The number of carbonyl (C=O) groups excluding carboxylic acids is 4. The van der Waals surface area contributed by atoms with Crippen LogP contribution in [-0.2, 0) is 4.79 Å². The van der Waals surface area contributed by atoms with Crippen LogP contribution in [0.1, 0.15) is 0 Å². The SMILES string of the molecule is N=C=O.O=C(Cl)Cl.O=C(Cl)Cl.O=C(Cl)Cl. The number of rotatable bonds is 0. The van der Waals surface area contributed by atoms with Gasteiger partial charge in [-0.3, -0.25) is 14.4 Å². The molecule has 5 nitrogen and oxygen atoms in total. The van der Waals surface area contributed by atoms with Crippen LogP contribution >= 0.6 is 69.6 Å². The standard InChI is InChI=1S/3CCl2O.CHNO/c3*2-1(3)4;2-1-3/h;;;2H. The number of halogens is 6. The predicted octanol–water partition coefficient (Wildman–Crippen LogP) is 4.65. The Balaban J connectivity index is -0.0000000542. The van der Waals surface area contributed by atoms with Gasteiger partial charge in [-0.05, 0) is 69.6 Å². The van der Waals surface area contributed by atoms with E-state index in [0.29, 0.717) is 0 Å². The van der Waals surface area contributed by atoms with Gasteiger partial charge in [-0.2, -0.15) is 0 Å². The Kier molecular flexibility index (Phi) is 38.6. The highest BCUT2D eigenvalue weighted by Gasteiger charge is 1.72. The largest absolute Gasteiger partial charge is 0.313 e. The summed E-state index contributed by atoms with van der Waals surface area (Å²) in [4.78, 5) is 35.3. The van der Waals surface area contributed by atoms with Gasteiger partial charge in [0.15, 0.2) is 0 Å². The number of isocyanates is 1. The van der Waals surface area contributed by atoms with Gasteiger partial charge in [0.25, 0.3) is 0 Å². The third-order valence-corrected chi connectivity index (χ3v) is 0. The molecule has 0 rings (SSSR count). The maximum absolute atomic E-state index is 8.98. The highest BCUT2D eigenvalue weighted by molar-refractivity contribution is 6.94. The minimum absolute atomic E-state index is 0.750. The van der Waals surface area contributed by atoms with Gasteiger partial charge in [-0.25, -0.2) is 10.2 Å². The van der Waals surface area contributed by atoms with E-state index in [2.05, 4.69) is 69.6 Å². The van der Waals surface area contributed by atoms with Crippen LogP contribution in [0.4, 0.5) is 14.4 Å². The Morgan fingerprint density at radius 1 is 0.733 bits per heavy atom. The highest BCUT2D eigenvalue weighted by atomic mass is 35.5. The van der Waals surface area contributed by atoms with Crippen LogP contribution in [0.3, 0.4) is 0 Å². The second-order valence-corrected chi connectivity index (χ2v) is 3.42. The van der Waals surface area contributed by atoms with Crippen molar-refractivity contribution in [2.24, 2.45) is 0 Å². The minimum atomic E-state index is -0.889. The highest BCUT2D eigenvalue weighted by Crippen LogP contribution is 1.84. The van der Waals surface area contributed by atoms with E-state index in [0.717, 1.165) is 6.08 Å². The summed E-state index contributed by atoms with van der Waals surface area (Å²) in [5, 5.41) is 5.40. The molecule has 0 aromatic heterocycles. The molecule has 0 spiro atoms. The Labute approximate surface area is 114 Å². The van der Waals surface area contributed by atoms with E-state index < -0.39 is 14.1 Å². The molecule has 0 aliphatic heterocycles. The van der Waals surface area contributed by atoms with Crippen LogP contribution in [-0.4, -0.2) is 20.2 Å². The molecule has 0 aliphatic carbocycles. The fourth-order valence-corrected chi connectivity index (χ4v) is 0. The molecular weight excluding hydrogens is 339 g/mol. The van der Waals surface area contributed by atoms with Crippen molar-refractivity contribution >= 4 is 89.8 Å².